The summed E-state index contributed by atoms with van der Waals surface area (Å²) < 4.78 is 21.5. The highest BCUT2D eigenvalue weighted by atomic mass is 79.9. The molecule has 29 heavy (non-hydrogen) atoms. The van der Waals surface area contributed by atoms with Gasteiger partial charge in [-0.05, 0) is 23.8 Å². The van der Waals surface area contributed by atoms with Crippen LogP contribution in [0.25, 0.3) is 22.0 Å². The Labute approximate surface area is 176 Å². The summed E-state index contributed by atoms with van der Waals surface area (Å²) in [6.07, 6.45) is 0. The van der Waals surface area contributed by atoms with E-state index in [1.54, 1.807) is 37.4 Å². The lowest BCUT2D eigenvalue weighted by Crippen LogP contribution is -2.08. The van der Waals surface area contributed by atoms with Crippen LogP contribution in [0.1, 0.15) is 16.1 Å². The van der Waals surface area contributed by atoms with Gasteiger partial charge in [0.15, 0.2) is 23.0 Å². The lowest BCUT2D eigenvalue weighted by Gasteiger charge is -2.17. The quantitative estimate of drug-likeness (QED) is 0.517. The van der Waals surface area contributed by atoms with E-state index in [2.05, 4.69) is 20.9 Å². The SMILES string of the molecule is COc1ccc(-c2c(C(=O)O)c(CBr)nc3cc(OC)c(OC)cc23)cc1OC. The van der Waals surface area contributed by atoms with Gasteiger partial charge < -0.3 is 24.1 Å². The molecule has 1 aromatic heterocycles. The van der Waals surface area contributed by atoms with Crippen LogP contribution >= 0.6 is 15.9 Å². The van der Waals surface area contributed by atoms with Crippen molar-refractivity contribution in [1.82, 2.24) is 4.98 Å². The molecule has 2 aromatic carbocycles. The number of carbonyl (C=O) groups is 1. The topological polar surface area (TPSA) is 87.1 Å². The maximum Gasteiger partial charge on any atom is 0.338 e. The summed E-state index contributed by atoms with van der Waals surface area (Å²) in [5.74, 6) is 0.952. The number of alkyl halides is 1. The first-order valence-electron chi connectivity index (χ1n) is 8.59. The van der Waals surface area contributed by atoms with Crippen molar-refractivity contribution in [2.45, 2.75) is 5.33 Å². The molecular weight excluding hydrogens is 442 g/mol. The van der Waals surface area contributed by atoms with Crippen molar-refractivity contribution in [3.05, 3.63) is 41.6 Å². The third-order valence-corrected chi connectivity index (χ3v) is 5.11. The van der Waals surface area contributed by atoms with Gasteiger partial charge in [0.1, 0.15) is 0 Å². The first-order valence-corrected chi connectivity index (χ1v) is 9.71. The third kappa shape index (κ3) is 3.67. The highest BCUT2D eigenvalue weighted by molar-refractivity contribution is 9.08. The van der Waals surface area contributed by atoms with Crippen LogP contribution in [0.5, 0.6) is 23.0 Å². The third-order valence-electron chi connectivity index (χ3n) is 4.58. The molecule has 7 nitrogen and oxygen atoms in total. The Hall–Kier alpha value is -3.00. The second-order valence-corrected chi connectivity index (χ2v) is 6.60. The Morgan fingerprint density at radius 1 is 0.931 bits per heavy atom. The normalized spacial score (nSPS) is 10.7. The predicted octanol–water partition coefficient (Wildman–Crippen LogP) is 4.53. The number of aromatic carboxylic acids is 1. The summed E-state index contributed by atoms with van der Waals surface area (Å²) in [4.78, 5) is 16.7. The number of hydrogen-bond acceptors (Lipinski definition) is 6. The molecule has 3 rings (SSSR count). The van der Waals surface area contributed by atoms with Crippen molar-refractivity contribution in [3.63, 3.8) is 0 Å². The van der Waals surface area contributed by atoms with E-state index >= 15 is 0 Å². The van der Waals surface area contributed by atoms with E-state index in [-0.39, 0.29) is 10.9 Å². The molecule has 0 saturated heterocycles. The zero-order chi connectivity index (χ0) is 21.1. The number of methoxy groups -OCH3 is 4. The molecule has 1 heterocycles. The van der Waals surface area contributed by atoms with Crippen LogP contribution in [0.2, 0.25) is 0 Å². The van der Waals surface area contributed by atoms with E-state index in [1.807, 2.05) is 0 Å². The molecule has 0 atom stereocenters. The van der Waals surface area contributed by atoms with Crippen molar-refractivity contribution < 1.29 is 28.8 Å². The molecule has 152 valence electrons. The molecule has 0 saturated carbocycles. The standard InChI is InChI=1S/C21H20BrNO6/c1-26-15-6-5-11(7-16(15)27-2)19-12-8-17(28-3)18(29-4)9-13(12)23-14(10-22)20(19)21(24)25/h5-9H,10H2,1-4H3,(H,24,25). The monoisotopic (exact) mass is 461 g/mol. The fraction of sp³-hybridized carbons (Fsp3) is 0.238. The number of carboxylic acid groups (broad SMARTS) is 1. The predicted molar refractivity (Wildman–Crippen MR) is 113 cm³/mol. The Balaban J connectivity index is 2.47. The summed E-state index contributed by atoms with van der Waals surface area (Å²) in [5.41, 5.74) is 2.27. The van der Waals surface area contributed by atoms with E-state index < -0.39 is 5.97 Å². The van der Waals surface area contributed by atoms with Crippen LogP contribution in [0.15, 0.2) is 30.3 Å². The fourth-order valence-electron chi connectivity index (χ4n) is 3.26. The number of aromatic nitrogens is 1. The first-order chi connectivity index (χ1) is 14.0. The minimum Gasteiger partial charge on any atom is -0.493 e. The van der Waals surface area contributed by atoms with E-state index in [1.165, 1.54) is 21.3 Å². The summed E-state index contributed by atoms with van der Waals surface area (Å²) in [6, 6.07) is 8.74. The second kappa shape index (κ2) is 8.57. The van der Waals surface area contributed by atoms with Crippen molar-refractivity contribution in [2.24, 2.45) is 0 Å². The van der Waals surface area contributed by atoms with Crippen molar-refractivity contribution >= 4 is 32.8 Å². The summed E-state index contributed by atoms with van der Waals surface area (Å²) in [6.45, 7) is 0. The lowest BCUT2D eigenvalue weighted by atomic mass is 9.93. The molecule has 3 aromatic rings. The molecule has 0 spiro atoms. The minimum atomic E-state index is -1.08. The molecule has 0 aliphatic rings. The highest BCUT2D eigenvalue weighted by Gasteiger charge is 2.24. The second-order valence-electron chi connectivity index (χ2n) is 6.04. The van der Waals surface area contributed by atoms with Crippen LogP contribution in [-0.4, -0.2) is 44.5 Å². The van der Waals surface area contributed by atoms with E-state index in [4.69, 9.17) is 18.9 Å². The Morgan fingerprint density at radius 2 is 1.52 bits per heavy atom. The van der Waals surface area contributed by atoms with Crippen LogP contribution in [-0.2, 0) is 5.33 Å². The van der Waals surface area contributed by atoms with Crippen molar-refractivity contribution in [1.29, 1.82) is 0 Å². The van der Waals surface area contributed by atoms with Crippen molar-refractivity contribution in [2.75, 3.05) is 28.4 Å². The molecular formula is C21H20BrNO6. The van der Waals surface area contributed by atoms with Gasteiger partial charge in [0.2, 0.25) is 0 Å². The number of benzene rings is 2. The Kier molecular flexibility index (Phi) is 6.12. The number of pyridine rings is 1. The molecule has 0 amide bonds. The summed E-state index contributed by atoms with van der Waals surface area (Å²) >= 11 is 3.36. The van der Waals surface area contributed by atoms with Gasteiger partial charge in [0, 0.05) is 22.3 Å². The van der Waals surface area contributed by atoms with Gasteiger partial charge in [-0.2, -0.15) is 0 Å². The number of hydrogen-bond donors (Lipinski definition) is 1. The maximum atomic E-state index is 12.2. The molecule has 0 unspecified atom stereocenters. The molecule has 1 N–H and O–H groups in total. The highest BCUT2D eigenvalue weighted by Crippen LogP contribution is 2.41. The summed E-state index contributed by atoms with van der Waals surface area (Å²) in [5, 5.41) is 10.9. The molecule has 0 bridgehead atoms. The van der Waals surface area contributed by atoms with Crippen molar-refractivity contribution in [3.8, 4) is 34.1 Å². The van der Waals surface area contributed by atoms with E-state index in [0.717, 1.165) is 0 Å². The zero-order valence-corrected chi connectivity index (χ0v) is 18.0. The number of fused-ring (bicyclic) bond motifs is 1. The zero-order valence-electron chi connectivity index (χ0n) is 16.4. The fourth-order valence-corrected chi connectivity index (χ4v) is 3.67. The smallest absolute Gasteiger partial charge is 0.338 e. The Bertz CT molecular complexity index is 1080. The molecule has 0 radical (unpaired) electrons. The van der Waals surface area contributed by atoms with Crippen LogP contribution in [0.3, 0.4) is 0 Å². The van der Waals surface area contributed by atoms with Crippen LogP contribution in [0.4, 0.5) is 0 Å². The van der Waals surface area contributed by atoms with Gasteiger partial charge in [-0.3, -0.25) is 4.98 Å². The average molecular weight is 462 g/mol. The van der Waals surface area contributed by atoms with E-state index in [0.29, 0.717) is 50.7 Å². The molecule has 0 aliphatic heterocycles. The van der Waals surface area contributed by atoms with Gasteiger partial charge in [-0.1, -0.05) is 22.0 Å². The van der Waals surface area contributed by atoms with Gasteiger partial charge in [0.25, 0.3) is 0 Å². The number of carboxylic acids is 1. The number of nitrogens with zero attached hydrogens (tertiary/aromatic N) is 1. The maximum absolute atomic E-state index is 12.2. The number of ether oxygens (including phenoxy) is 4. The van der Waals surface area contributed by atoms with Gasteiger partial charge in [-0.15, -0.1) is 0 Å². The van der Waals surface area contributed by atoms with Crippen LogP contribution < -0.4 is 18.9 Å². The average Bonchev–Trinajstić information content (AvgIpc) is 2.75. The summed E-state index contributed by atoms with van der Waals surface area (Å²) in [7, 11) is 6.14. The van der Waals surface area contributed by atoms with Gasteiger partial charge in [0.05, 0.1) is 45.2 Å². The van der Waals surface area contributed by atoms with E-state index in [9.17, 15) is 9.90 Å². The van der Waals surface area contributed by atoms with Gasteiger partial charge in [-0.25, -0.2) is 4.79 Å². The molecule has 0 fully saturated rings. The van der Waals surface area contributed by atoms with Crippen LogP contribution in [0, 0.1) is 0 Å². The number of halogens is 1. The van der Waals surface area contributed by atoms with Gasteiger partial charge >= 0.3 is 5.97 Å². The number of rotatable bonds is 7. The lowest BCUT2D eigenvalue weighted by molar-refractivity contribution is 0.0696. The largest absolute Gasteiger partial charge is 0.493 e. The molecule has 0 aliphatic carbocycles. The minimum absolute atomic E-state index is 0.105. The molecule has 8 heteroatoms. The first kappa shape index (κ1) is 20.7. The Morgan fingerprint density at radius 3 is 2.07 bits per heavy atom.